The average Bonchev–Trinajstić information content (AvgIpc) is 3.14. The van der Waals surface area contributed by atoms with Gasteiger partial charge in [0.2, 0.25) is 5.91 Å². The second-order valence-electron chi connectivity index (χ2n) is 5.69. The van der Waals surface area contributed by atoms with Crippen LogP contribution < -0.4 is 5.32 Å². The van der Waals surface area contributed by atoms with Crippen LogP contribution in [0.15, 0.2) is 60.0 Å². The maximum absolute atomic E-state index is 12.1. The van der Waals surface area contributed by atoms with E-state index in [4.69, 9.17) is 5.26 Å². The SMILES string of the molecule is Cc1ccc(-n2cnnc2SCC(=O)NCc2ccc(C#N)cc2)cc1. The van der Waals surface area contributed by atoms with Crippen molar-refractivity contribution in [1.82, 2.24) is 20.1 Å². The van der Waals surface area contributed by atoms with E-state index >= 15 is 0 Å². The monoisotopic (exact) mass is 363 g/mol. The van der Waals surface area contributed by atoms with E-state index in [1.165, 1.54) is 17.3 Å². The summed E-state index contributed by atoms with van der Waals surface area (Å²) in [5.74, 6) is 0.165. The van der Waals surface area contributed by atoms with Crippen LogP contribution in [0.5, 0.6) is 0 Å². The molecule has 1 amide bonds. The lowest BCUT2D eigenvalue weighted by atomic mass is 10.1. The number of nitrogens with one attached hydrogen (secondary N) is 1. The third kappa shape index (κ3) is 4.49. The lowest BCUT2D eigenvalue weighted by Gasteiger charge is -2.07. The van der Waals surface area contributed by atoms with Crippen molar-refractivity contribution in [2.75, 3.05) is 5.75 Å². The van der Waals surface area contributed by atoms with Gasteiger partial charge in [0.05, 0.1) is 17.4 Å². The topological polar surface area (TPSA) is 83.6 Å². The summed E-state index contributed by atoms with van der Waals surface area (Å²) in [5, 5.41) is 20.4. The van der Waals surface area contributed by atoms with Gasteiger partial charge >= 0.3 is 0 Å². The van der Waals surface area contributed by atoms with E-state index in [9.17, 15) is 4.79 Å². The summed E-state index contributed by atoms with van der Waals surface area (Å²) in [4.78, 5) is 12.1. The van der Waals surface area contributed by atoms with E-state index in [2.05, 4.69) is 21.6 Å². The van der Waals surface area contributed by atoms with Crippen LogP contribution in [-0.4, -0.2) is 26.4 Å². The summed E-state index contributed by atoms with van der Waals surface area (Å²) < 4.78 is 1.86. The molecule has 2 aromatic carbocycles. The van der Waals surface area contributed by atoms with Crippen LogP contribution in [-0.2, 0) is 11.3 Å². The first-order valence-corrected chi connectivity index (χ1v) is 9.00. The normalized spacial score (nSPS) is 10.3. The summed E-state index contributed by atoms with van der Waals surface area (Å²) in [6, 6.07) is 17.2. The predicted molar refractivity (Wildman–Crippen MR) is 99.8 cm³/mol. The maximum Gasteiger partial charge on any atom is 0.230 e. The molecule has 0 bridgehead atoms. The van der Waals surface area contributed by atoms with Crippen molar-refractivity contribution in [2.45, 2.75) is 18.6 Å². The number of benzene rings is 2. The van der Waals surface area contributed by atoms with Crippen molar-refractivity contribution in [3.63, 3.8) is 0 Å². The van der Waals surface area contributed by atoms with Crippen molar-refractivity contribution < 1.29 is 4.79 Å². The van der Waals surface area contributed by atoms with Gasteiger partial charge < -0.3 is 5.32 Å². The van der Waals surface area contributed by atoms with Crippen LogP contribution in [0, 0.1) is 18.3 Å². The van der Waals surface area contributed by atoms with Crippen molar-refractivity contribution >= 4 is 17.7 Å². The summed E-state index contributed by atoms with van der Waals surface area (Å²) >= 11 is 1.34. The number of thioether (sulfide) groups is 1. The Labute approximate surface area is 155 Å². The van der Waals surface area contributed by atoms with Crippen molar-refractivity contribution in [2.24, 2.45) is 0 Å². The molecule has 0 fully saturated rings. The maximum atomic E-state index is 12.1. The summed E-state index contributed by atoms with van der Waals surface area (Å²) in [7, 11) is 0. The van der Waals surface area contributed by atoms with Crippen LogP contribution in [0.2, 0.25) is 0 Å². The number of carbonyl (C=O) groups excluding carboxylic acids is 1. The van der Waals surface area contributed by atoms with E-state index in [1.807, 2.05) is 47.9 Å². The Kier molecular flexibility index (Phi) is 5.66. The van der Waals surface area contributed by atoms with Crippen LogP contribution in [0.3, 0.4) is 0 Å². The number of rotatable bonds is 6. The standard InChI is InChI=1S/C19H17N5OS/c1-14-2-8-17(9-3-14)24-13-22-23-19(24)26-12-18(25)21-11-16-6-4-15(10-20)5-7-16/h2-9,13H,11-12H2,1H3,(H,21,25). The predicted octanol–water partition coefficient (Wildman–Crippen LogP) is 2.86. The molecule has 26 heavy (non-hydrogen) atoms. The van der Waals surface area contributed by atoms with E-state index < -0.39 is 0 Å². The molecule has 0 saturated carbocycles. The fraction of sp³-hybridized carbons (Fsp3) is 0.158. The van der Waals surface area contributed by atoms with Gasteiger partial charge in [0.1, 0.15) is 6.33 Å². The zero-order valence-electron chi connectivity index (χ0n) is 14.2. The molecule has 130 valence electrons. The van der Waals surface area contributed by atoms with Gasteiger partial charge in [-0.3, -0.25) is 9.36 Å². The molecule has 7 heteroatoms. The molecule has 0 aliphatic rings. The zero-order chi connectivity index (χ0) is 18.4. The summed E-state index contributed by atoms with van der Waals surface area (Å²) in [6.07, 6.45) is 1.64. The molecule has 1 aromatic heterocycles. The highest BCUT2D eigenvalue weighted by molar-refractivity contribution is 7.99. The van der Waals surface area contributed by atoms with Gasteiger partial charge in [0.15, 0.2) is 5.16 Å². The first-order valence-electron chi connectivity index (χ1n) is 8.01. The largest absolute Gasteiger partial charge is 0.351 e. The quantitative estimate of drug-likeness (QED) is 0.681. The number of aromatic nitrogens is 3. The zero-order valence-corrected chi connectivity index (χ0v) is 15.0. The Bertz CT molecular complexity index is 926. The molecule has 0 radical (unpaired) electrons. The molecule has 0 spiro atoms. The van der Waals surface area contributed by atoms with Gasteiger partial charge in [0, 0.05) is 12.2 Å². The molecule has 0 aliphatic heterocycles. The van der Waals surface area contributed by atoms with Crippen LogP contribution in [0.4, 0.5) is 0 Å². The Morgan fingerprint density at radius 1 is 1.19 bits per heavy atom. The minimum Gasteiger partial charge on any atom is -0.351 e. The van der Waals surface area contributed by atoms with Crippen LogP contribution in [0.25, 0.3) is 5.69 Å². The molecule has 0 saturated heterocycles. The lowest BCUT2D eigenvalue weighted by molar-refractivity contribution is -0.118. The van der Waals surface area contributed by atoms with E-state index in [-0.39, 0.29) is 11.7 Å². The Morgan fingerprint density at radius 3 is 2.62 bits per heavy atom. The third-order valence-electron chi connectivity index (χ3n) is 3.73. The van der Waals surface area contributed by atoms with E-state index in [1.54, 1.807) is 18.5 Å². The van der Waals surface area contributed by atoms with Gasteiger partial charge in [-0.2, -0.15) is 5.26 Å². The smallest absolute Gasteiger partial charge is 0.230 e. The van der Waals surface area contributed by atoms with E-state index in [0.717, 1.165) is 11.3 Å². The molecule has 3 aromatic rings. The van der Waals surface area contributed by atoms with Gasteiger partial charge in [-0.15, -0.1) is 10.2 Å². The van der Waals surface area contributed by atoms with Gasteiger partial charge in [-0.05, 0) is 36.8 Å². The number of amides is 1. The number of hydrogen-bond acceptors (Lipinski definition) is 5. The molecule has 1 N–H and O–H groups in total. The van der Waals surface area contributed by atoms with Crippen LogP contribution >= 0.6 is 11.8 Å². The molecule has 6 nitrogen and oxygen atoms in total. The van der Waals surface area contributed by atoms with Gasteiger partial charge in [0.25, 0.3) is 0 Å². The Balaban J connectivity index is 1.54. The second-order valence-corrected chi connectivity index (χ2v) is 6.64. The molecule has 0 aliphatic carbocycles. The molecular formula is C19H17N5OS. The van der Waals surface area contributed by atoms with Crippen molar-refractivity contribution in [3.05, 3.63) is 71.5 Å². The lowest BCUT2D eigenvalue weighted by Crippen LogP contribution is -2.24. The fourth-order valence-corrected chi connectivity index (χ4v) is 3.04. The fourth-order valence-electron chi connectivity index (χ4n) is 2.28. The first-order chi connectivity index (χ1) is 12.7. The molecule has 0 atom stereocenters. The first kappa shape index (κ1) is 17.7. The number of nitriles is 1. The summed E-state index contributed by atoms with van der Waals surface area (Å²) in [6.45, 7) is 2.46. The second kappa shape index (κ2) is 8.32. The number of aryl methyl sites for hydroxylation is 1. The molecule has 3 rings (SSSR count). The number of carbonyl (C=O) groups is 1. The molecule has 1 heterocycles. The van der Waals surface area contributed by atoms with Gasteiger partial charge in [-0.1, -0.05) is 41.6 Å². The number of nitrogens with zero attached hydrogens (tertiary/aromatic N) is 4. The van der Waals surface area contributed by atoms with Crippen molar-refractivity contribution in [3.8, 4) is 11.8 Å². The molecule has 0 unspecified atom stereocenters. The molecular weight excluding hydrogens is 346 g/mol. The summed E-state index contributed by atoms with van der Waals surface area (Å²) in [5.41, 5.74) is 3.69. The average molecular weight is 363 g/mol. The minimum absolute atomic E-state index is 0.0854. The highest BCUT2D eigenvalue weighted by Gasteiger charge is 2.10. The van der Waals surface area contributed by atoms with E-state index in [0.29, 0.717) is 17.3 Å². The Hall–Kier alpha value is -3.11. The number of hydrogen-bond donors (Lipinski definition) is 1. The third-order valence-corrected chi connectivity index (χ3v) is 4.68. The highest BCUT2D eigenvalue weighted by Crippen LogP contribution is 2.19. The highest BCUT2D eigenvalue weighted by atomic mass is 32.2. The minimum atomic E-state index is -0.0854. The van der Waals surface area contributed by atoms with Gasteiger partial charge in [-0.25, -0.2) is 0 Å². The van der Waals surface area contributed by atoms with Crippen molar-refractivity contribution in [1.29, 1.82) is 5.26 Å². The van der Waals surface area contributed by atoms with Crippen LogP contribution in [0.1, 0.15) is 16.7 Å². The Morgan fingerprint density at radius 2 is 1.92 bits per heavy atom.